The van der Waals surface area contributed by atoms with E-state index in [1.807, 2.05) is 42.5 Å². The normalized spacial score (nSPS) is 10.0. The van der Waals surface area contributed by atoms with Gasteiger partial charge in [0.15, 0.2) is 0 Å². The molecule has 0 aliphatic carbocycles. The van der Waals surface area contributed by atoms with E-state index in [1.165, 1.54) is 0 Å². The Hall–Kier alpha value is -1.63. The molecule has 0 radical (unpaired) electrons. The van der Waals surface area contributed by atoms with Gasteiger partial charge in [-0.3, -0.25) is 0 Å². The summed E-state index contributed by atoms with van der Waals surface area (Å²) in [5.41, 5.74) is 5.35. The molecule has 0 aliphatic heterocycles. The van der Waals surface area contributed by atoms with Crippen LogP contribution in [0.25, 0.3) is 22.3 Å². The fourth-order valence-electron chi connectivity index (χ4n) is 2.78. The molecule has 0 unspecified atom stereocenters. The Morgan fingerprint density at radius 3 is 2.31 bits per heavy atom. The van der Waals surface area contributed by atoms with E-state index in [-0.39, 0.29) is 5.34 Å². The van der Waals surface area contributed by atoms with Crippen LogP contribution in [0.3, 0.4) is 0 Å². The van der Waals surface area contributed by atoms with Crippen molar-refractivity contribution in [3.8, 4) is 28.3 Å². The second-order valence-corrected chi connectivity index (χ2v) is 6.94. The van der Waals surface area contributed by atoms with Crippen LogP contribution in [0.2, 0.25) is 10.0 Å². The lowest BCUT2D eigenvalue weighted by Gasteiger charge is -2.13. The number of nitrogens with zero attached hydrogens (tertiary/aromatic N) is 1. The van der Waals surface area contributed by atoms with Crippen molar-refractivity contribution in [3.63, 3.8) is 0 Å². The molecular formula is C20H16Cl4N2. The van der Waals surface area contributed by atoms with Crippen LogP contribution in [0.5, 0.6) is 0 Å². The van der Waals surface area contributed by atoms with Crippen LogP contribution in [0.15, 0.2) is 48.7 Å². The monoisotopic (exact) mass is 424 g/mol. The van der Waals surface area contributed by atoms with E-state index >= 15 is 0 Å². The first kappa shape index (κ1) is 20.7. The lowest BCUT2D eigenvalue weighted by molar-refractivity contribution is 1.07. The molecular weight excluding hydrogens is 410 g/mol. The highest BCUT2D eigenvalue weighted by Crippen LogP contribution is 2.40. The van der Waals surface area contributed by atoms with Crippen LogP contribution in [0.4, 0.5) is 0 Å². The van der Waals surface area contributed by atoms with Gasteiger partial charge in [0.25, 0.3) is 0 Å². The first-order valence-corrected chi connectivity index (χ1v) is 9.66. The van der Waals surface area contributed by atoms with E-state index in [2.05, 4.69) is 18.0 Å². The molecule has 1 N–H and O–H groups in total. The van der Waals surface area contributed by atoms with Crippen molar-refractivity contribution in [2.45, 2.75) is 13.3 Å². The van der Waals surface area contributed by atoms with Gasteiger partial charge in [-0.2, -0.15) is 5.26 Å². The van der Waals surface area contributed by atoms with Crippen molar-refractivity contribution < 1.29 is 0 Å². The Morgan fingerprint density at radius 1 is 1.00 bits per heavy atom. The minimum absolute atomic E-state index is 0.194. The van der Waals surface area contributed by atoms with Gasteiger partial charge in [-0.25, -0.2) is 0 Å². The van der Waals surface area contributed by atoms with E-state index in [0.717, 1.165) is 34.4 Å². The number of rotatable bonds is 3. The summed E-state index contributed by atoms with van der Waals surface area (Å²) in [5, 5.41) is 10.9. The molecule has 0 saturated carbocycles. The number of H-pyrrole nitrogens is 1. The number of hydrogen-bond acceptors (Lipinski definition) is 1. The molecule has 1 heterocycles. The van der Waals surface area contributed by atoms with E-state index in [1.54, 1.807) is 6.20 Å². The lowest BCUT2D eigenvalue weighted by atomic mass is 9.92. The summed E-state index contributed by atoms with van der Waals surface area (Å²) in [4.78, 5) is 3.19. The maximum atomic E-state index is 9.44. The Kier molecular flexibility index (Phi) is 7.87. The molecule has 3 rings (SSSR count). The summed E-state index contributed by atoms with van der Waals surface area (Å²) in [7, 11) is 0. The predicted octanol–water partition coefficient (Wildman–Crippen LogP) is 7.51. The smallest absolute Gasteiger partial charge is 0.101 e. The van der Waals surface area contributed by atoms with Crippen molar-refractivity contribution in [1.82, 2.24) is 4.98 Å². The zero-order valence-corrected chi connectivity index (χ0v) is 17.0. The number of benzene rings is 2. The van der Waals surface area contributed by atoms with Crippen LogP contribution in [0.1, 0.15) is 18.2 Å². The SMILES string of the molecule is CCc1[nH]cc(C#N)c1-c1ccc(Cl)cc1-c1ccccc1Cl.ClCCl. The first-order chi connectivity index (χ1) is 12.6. The van der Waals surface area contributed by atoms with Crippen LogP contribution >= 0.6 is 46.4 Å². The first-order valence-electron chi connectivity index (χ1n) is 7.84. The standard InChI is InChI=1S/C19H14Cl2N2.CH2Cl2/c1-2-18-19(12(10-22)11-23-18)15-8-7-13(20)9-16(15)14-5-3-4-6-17(14)21;2-1-3/h3-9,11,23H,2H2,1H3;1H2. The molecule has 6 heteroatoms. The Balaban J connectivity index is 0.000000758. The molecule has 1 aromatic heterocycles. The van der Waals surface area contributed by atoms with E-state index < -0.39 is 0 Å². The summed E-state index contributed by atoms with van der Waals surface area (Å²) in [6.45, 7) is 2.06. The van der Waals surface area contributed by atoms with Crippen molar-refractivity contribution in [2.24, 2.45) is 0 Å². The largest absolute Gasteiger partial charge is 0.363 e. The number of nitrogens with one attached hydrogen (secondary N) is 1. The molecule has 134 valence electrons. The molecule has 3 aromatic rings. The highest BCUT2D eigenvalue weighted by Gasteiger charge is 2.17. The van der Waals surface area contributed by atoms with Gasteiger partial charge in [-0.1, -0.05) is 54.4 Å². The van der Waals surface area contributed by atoms with Gasteiger partial charge in [0, 0.05) is 33.1 Å². The maximum Gasteiger partial charge on any atom is 0.101 e. The topological polar surface area (TPSA) is 39.6 Å². The third-order valence-electron chi connectivity index (χ3n) is 3.85. The summed E-state index contributed by atoms with van der Waals surface area (Å²) >= 11 is 22.1. The zero-order valence-electron chi connectivity index (χ0n) is 14.0. The average molecular weight is 426 g/mol. The van der Waals surface area contributed by atoms with E-state index in [9.17, 15) is 5.26 Å². The number of hydrogen-bond donors (Lipinski definition) is 1. The highest BCUT2D eigenvalue weighted by atomic mass is 35.5. The molecule has 0 spiro atoms. The minimum Gasteiger partial charge on any atom is -0.363 e. The van der Waals surface area contributed by atoms with Gasteiger partial charge < -0.3 is 4.98 Å². The second-order valence-electron chi connectivity index (χ2n) is 5.29. The van der Waals surface area contributed by atoms with Crippen LogP contribution in [-0.4, -0.2) is 10.3 Å². The predicted molar refractivity (Wildman–Crippen MR) is 112 cm³/mol. The van der Waals surface area contributed by atoms with Crippen LogP contribution in [-0.2, 0) is 6.42 Å². The van der Waals surface area contributed by atoms with Crippen molar-refractivity contribution in [3.05, 3.63) is 70.0 Å². The quantitative estimate of drug-likeness (QED) is 0.433. The maximum absolute atomic E-state index is 9.44. The number of aromatic amines is 1. The lowest BCUT2D eigenvalue weighted by Crippen LogP contribution is -1.91. The number of nitriles is 1. The van der Waals surface area contributed by atoms with E-state index in [4.69, 9.17) is 46.4 Å². The Bertz CT molecular complexity index is 926. The van der Waals surface area contributed by atoms with Gasteiger partial charge in [0.1, 0.15) is 6.07 Å². The number of aromatic nitrogens is 1. The average Bonchev–Trinajstić information content (AvgIpc) is 3.05. The van der Waals surface area contributed by atoms with Crippen molar-refractivity contribution in [2.75, 3.05) is 5.34 Å². The molecule has 2 aromatic carbocycles. The molecule has 0 bridgehead atoms. The fourth-order valence-corrected chi connectivity index (χ4v) is 3.19. The third kappa shape index (κ3) is 4.55. The Morgan fingerprint density at radius 2 is 1.69 bits per heavy atom. The van der Waals surface area contributed by atoms with E-state index in [0.29, 0.717) is 15.6 Å². The number of aryl methyl sites for hydroxylation is 1. The summed E-state index contributed by atoms with van der Waals surface area (Å²) in [5.74, 6) is 0. The molecule has 0 fully saturated rings. The van der Waals surface area contributed by atoms with Crippen LogP contribution < -0.4 is 0 Å². The molecule has 0 amide bonds. The molecule has 0 atom stereocenters. The fraction of sp³-hybridized carbons (Fsp3) is 0.150. The molecule has 0 saturated heterocycles. The number of halogens is 4. The third-order valence-corrected chi connectivity index (χ3v) is 4.42. The van der Waals surface area contributed by atoms with Gasteiger partial charge in [0.05, 0.1) is 10.9 Å². The Labute approximate surface area is 173 Å². The van der Waals surface area contributed by atoms with Gasteiger partial charge >= 0.3 is 0 Å². The summed E-state index contributed by atoms with van der Waals surface area (Å²) < 4.78 is 0. The summed E-state index contributed by atoms with van der Waals surface area (Å²) in [6, 6.07) is 15.6. The summed E-state index contributed by atoms with van der Waals surface area (Å²) in [6.07, 6.45) is 2.56. The molecule has 2 nitrogen and oxygen atoms in total. The molecule has 0 aliphatic rings. The van der Waals surface area contributed by atoms with Crippen molar-refractivity contribution >= 4 is 46.4 Å². The second kappa shape index (κ2) is 9.90. The van der Waals surface area contributed by atoms with Gasteiger partial charge in [0.2, 0.25) is 0 Å². The number of alkyl halides is 2. The highest BCUT2D eigenvalue weighted by molar-refractivity contribution is 6.40. The molecule has 26 heavy (non-hydrogen) atoms. The minimum atomic E-state index is 0.194. The van der Waals surface area contributed by atoms with Gasteiger partial charge in [-0.15, -0.1) is 23.2 Å². The van der Waals surface area contributed by atoms with Gasteiger partial charge in [-0.05, 0) is 35.7 Å². The van der Waals surface area contributed by atoms with Crippen molar-refractivity contribution in [1.29, 1.82) is 5.26 Å². The van der Waals surface area contributed by atoms with Crippen LogP contribution in [0, 0.1) is 11.3 Å². The zero-order chi connectivity index (χ0) is 19.1.